The Hall–Kier alpha value is -3.20. The fourth-order valence-corrected chi connectivity index (χ4v) is 4.12. The number of nitrogens with zero attached hydrogens (tertiary/aromatic N) is 1. The Balaban J connectivity index is 1.52. The molecule has 2 heterocycles. The van der Waals surface area contributed by atoms with Gasteiger partial charge in [0, 0.05) is 22.2 Å². The number of hydrogen-bond acceptors (Lipinski definition) is 6. The van der Waals surface area contributed by atoms with Crippen LogP contribution in [0.2, 0.25) is 0 Å². The fourth-order valence-electron chi connectivity index (χ4n) is 4.12. The molecule has 0 unspecified atom stereocenters. The van der Waals surface area contributed by atoms with Gasteiger partial charge in [0.15, 0.2) is 0 Å². The fraction of sp³-hybridized carbons (Fsp3) is 0.360. The van der Waals surface area contributed by atoms with Gasteiger partial charge in [-0.1, -0.05) is 25.5 Å². The molecule has 1 N–H and O–H groups in total. The highest BCUT2D eigenvalue weighted by atomic mass is 16.6. The minimum Gasteiger partial charge on any atom is -0.632 e. The molecule has 0 bridgehead atoms. The van der Waals surface area contributed by atoms with Crippen LogP contribution < -0.4 is 15.7 Å². The van der Waals surface area contributed by atoms with Crippen LogP contribution in [0.3, 0.4) is 0 Å². The minimum atomic E-state index is -0.702. The Labute approximate surface area is 191 Å². The summed E-state index contributed by atoms with van der Waals surface area (Å²) < 4.78 is 15.9. The van der Waals surface area contributed by atoms with E-state index >= 15 is 0 Å². The molecule has 174 valence electrons. The van der Waals surface area contributed by atoms with E-state index in [1.54, 1.807) is 31.4 Å². The second-order valence-electron chi connectivity index (χ2n) is 8.29. The van der Waals surface area contributed by atoms with E-state index in [1.165, 1.54) is 0 Å². The molecule has 2 aromatic carbocycles. The number of hydroxylamine groups is 3. The second-order valence-corrected chi connectivity index (χ2v) is 8.29. The first-order chi connectivity index (χ1) is 15.9. The van der Waals surface area contributed by atoms with Gasteiger partial charge < -0.3 is 29.1 Å². The standard InChI is InChI=1S/C25H28N2O6/c1-3-4-20-22(31-2)10-7-18-15-21(25(29)33-23(18)20)24(28)26-19-8-5-17(6-9-19)16-27(30)11-13-32-14-12-27/h5-10,15H,3-4,11-14,16H2,1-2H3,(H,26,28). The molecule has 1 aliphatic rings. The average molecular weight is 453 g/mol. The van der Waals surface area contributed by atoms with Crippen molar-refractivity contribution in [3.05, 3.63) is 74.8 Å². The summed E-state index contributed by atoms with van der Waals surface area (Å²) in [4.78, 5) is 25.4. The Bertz CT molecular complexity index is 1200. The van der Waals surface area contributed by atoms with Gasteiger partial charge in [0.25, 0.3) is 5.91 Å². The van der Waals surface area contributed by atoms with Crippen molar-refractivity contribution in [3.63, 3.8) is 0 Å². The molecule has 0 aliphatic carbocycles. The van der Waals surface area contributed by atoms with E-state index in [2.05, 4.69) is 5.32 Å². The van der Waals surface area contributed by atoms with Crippen molar-refractivity contribution < 1.29 is 23.3 Å². The Morgan fingerprint density at radius 1 is 1.15 bits per heavy atom. The molecule has 1 aromatic heterocycles. The minimum absolute atomic E-state index is 0.0726. The molecule has 8 heteroatoms. The summed E-state index contributed by atoms with van der Waals surface area (Å²) >= 11 is 0. The number of nitrogens with one attached hydrogen (secondary N) is 1. The number of methoxy groups -OCH3 is 1. The highest BCUT2D eigenvalue weighted by molar-refractivity contribution is 6.05. The number of aryl methyl sites for hydroxylation is 1. The van der Waals surface area contributed by atoms with Crippen LogP contribution in [0.15, 0.2) is 51.7 Å². The lowest BCUT2D eigenvalue weighted by molar-refractivity contribution is -0.901. The zero-order chi connectivity index (χ0) is 23.4. The number of amides is 1. The van der Waals surface area contributed by atoms with Gasteiger partial charge in [-0.15, -0.1) is 0 Å². The van der Waals surface area contributed by atoms with Gasteiger partial charge in [-0.3, -0.25) is 4.79 Å². The number of carbonyl (C=O) groups is 1. The third kappa shape index (κ3) is 5.08. The van der Waals surface area contributed by atoms with Gasteiger partial charge in [0.1, 0.15) is 36.5 Å². The molecule has 1 aliphatic heterocycles. The summed E-state index contributed by atoms with van der Waals surface area (Å²) in [5, 5.41) is 16.1. The molecule has 0 spiro atoms. The van der Waals surface area contributed by atoms with E-state index in [-0.39, 0.29) is 10.2 Å². The monoisotopic (exact) mass is 452 g/mol. The van der Waals surface area contributed by atoms with Gasteiger partial charge in [-0.2, -0.15) is 0 Å². The number of fused-ring (bicyclic) bond motifs is 1. The first-order valence-corrected chi connectivity index (χ1v) is 11.1. The Morgan fingerprint density at radius 3 is 2.55 bits per heavy atom. The van der Waals surface area contributed by atoms with Crippen molar-refractivity contribution in [1.82, 2.24) is 0 Å². The number of carbonyl (C=O) groups excluding carboxylic acids is 1. The second kappa shape index (κ2) is 9.74. The van der Waals surface area contributed by atoms with Crippen molar-refractivity contribution in [2.75, 3.05) is 38.7 Å². The van der Waals surface area contributed by atoms with Crippen LogP contribution in [0.4, 0.5) is 5.69 Å². The predicted octanol–water partition coefficient (Wildman–Crippen LogP) is 3.85. The van der Waals surface area contributed by atoms with E-state index in [0.717, 1.165) is 17.5 Å². The van der Waals surface area contributed by atoms with E-state index in [0.29, 0.717) is 61.7 Å². The molecule has 33 heavy (non-hydrogen) atoms. The molecular formula is C25H28N2O6. The number of anilines is 1. The summed E-state index contributed by atoms with van der Waals surface area (Å²) in [6.07, 6.45) is 1.55. The van der Waals surface area contributed by atoms with Crippen LogP contribution in [0.1, 0.15) is 34.8 Å². The maximum atomic E-state index is 12.8. The zero-order valence-corrected chi connectivity index (χ0v) is 18.9. The van der Waals surface area contributed by atoms with Crippen molar-refractivity contribution in [2.45, 2.75) is 26.3 Å². The highest BCUT2D eigenvalue weighted by Gasteiger charge is 2.22. The molecule has 3 aromatic rings. The number of rotatable bonds is 7. The topological polar surface area (TPSA) is 101 Å². The molecule has 8 nitrogen and oxygen atoms in total. The number of quaternary nitrogens is 1. The Morgan fingerprint density at radius 2 is 1.88 bits per heavy atom. The first kappa shape index (κ1) is 23.0. The molecule has 0 radical (unpaired) electrons. The largest absolute Gasteiger partial charge is 0.632 e. The SMILES string of the molecule is CCCc1c(OC)ccc2cc(C(=O)Nc3ccc(C[N+]4([O-])CCOCC4)cc3)c(=O)oc12. The summed E-state index contributed by atoms with van der Waals surface area (Å²) in [5.41, 5.74) is 1.90. The average Bonchev–Trinajstić information content (AvgIpc) is 2.81. The van der Waals surface area contributed by atoms with Gasteiger partial charge >= 0.3 is 5.63 Å². The summed E-state index contributed by atoms with van der Waals surface area (Å²) in [6, 6.07) is 12.2. The van der Waals surface area contributed by atoms with Crippen LogP contribution in [-0.2, 0) is 17.7 Å². The van der Waals surface area contributed by atoms with Gasteiger partial charge in [-0.25, -0.2) is 4.79 Å². The maximum absolute atomic E-state index is 12.8. The van der Waals surface area contributed by atoms with Crippen LogP contribution in [-0.4, -0.2) is 44.0 Å². The van der Waals surface area contributed by atoms with E-state index in [9.17, 15) is 14.8 Å². The molecule has 1 fully saturated rings. The van der Waals surface area contributed by atoms with Crippen LogP contribution in [0, 0.1) is 5.21 Å². The van der Waals surface area contributed by atoms with Crippen molar-refractivity contribution >= 4 is 22.6 Å². The van der Waals surface area contributed by atoms with E-state index in [4.69, 9.17) is 13.9 Å². The van der Waals surface area contributed by atoms with E-state index < -0.39 is 11.5 Å². The predicted molar refractivity (Wildman–Crippen MR) is 125 cm³/mol. The lowest BCUT2D eigenvalue weighted by Crippen LogP contribution is -2.49. The van der Waals surface area contributed by atoms with Crippen molar-refractivity contribution in [2.24, 2.45) is 0 Å². The molecule has 0 atom stereocenters. The van der Waals surface area contributed by atoms with Gasteiger partial charge in [-0.05, 0) is 36.8 Å². The quantitative estimate of drug-likeness (QED) is 0.332. The number of hydrogen-bond donors (Lipinski definition) is 1. The van der Waals surface area contributed by atoms with Crippen molar-refractivity contribution in [3.8, 4) is 5.75 Å². The molecule has 1 amide bonds. The number of ether oxygens (including phenoxy) is 2. The first-order valence-electron chi connectivity index (χ1n) is 11.1. The Kier molecular flexibility index (Phi) is 6.78. The van der Waals surface area contributed by atoms with Gasteiger partial charge in [0.05, 0.1) is 20.3 Å². The third-order valence-corrected chi connectivity index (χ3v) is 5.90. The lowest BCUT2D eigenvalue weighted by atomic mass is 10.0. The summed E-state index contributed by atoms with van der Waals surface area (Å²) in [6.45, 7) is 4.19. The molecular weight excluding hydrogens is 424 g/mol. The van der Waals surface area contributed by atoms with Crippen LogP contribution in [0.5, 0.6) is 5.75 Å². The summed E-state index contributed by atoms with van der Waals surface area (Å²) in [5.74, 6) is 0.107. The van der Waals surface area contributed by atoms with E-state index in [1.807, 2.05) is 25.1 Å². The number of morpholine rings is 1. The normalized spacial score (nSPS) is 15.4. The molecule has 4 rings (SSSR count). The van der Waals surface area contributed by atoms with Gasteiger partial charge in [0.2, 0.25) is 0 Å². The summed E-state index contributed by atoms with van der Waals surface area (Å²) in [7, 11) is 1.57. The van der Waals surface area contributed by atoms with Crippen LogP contribution >= 0.6 is 0 Å². The lowest BCUT2D eigenvalue weighted by Gasteiger charge is -2.45. The maximum Gasteiger partial charge on any atom is 0.349 e. The molecule has 1 saturated heterocycles. The number of benzene rings is 2. The third-order valence-electron chi connectivity index (χ3n) is 5.90. The smallest absolute Gasteiger partial charge is 0.349 e. The highest BCUT2D eigenvalue weighted by Crippen LogP contribution is 2.29. The van der Waals surface area contributed by atoms with Crippen LogP contribution in [0.25, 0.3) is 11.0 Å². The zero-order valence-electron chi connectivity index (χ0n) is 18.9. The molecule has 0 saturated carbocycles. The van der Waals surface area contributed by atoms with Crippen molar-refractivity contribution in [1.29, 1.82) is 0 Å².